The first-order valence-corrected chi connectivity index (χ1v) is 9.51. The summed E-state index contributed by atoms with van der Waals surface area (Å²) in [6.07, 6.45) is 3.72. The van der Waals surface area contributed by atoms with Gasteiger partial charge < -0.3 is 10.2 Å². The number of benzene rings is 1. The van der Waals surface area contributed by atoms with Gasteiger partial charge in [-0.2, -0.15) is 0 Å². The normalized spacial score (nSPS) is 17.6. The van der Waals surface area contributed by atoms with Crippen molar-refractivity contribution in [2.75, 3.05) is 19.6 Å². The quantitative estimate of drug-likeness (QED) is 0.806. The first kappa shape index (κ1) is 19.5. The highest BCUT2D eigenvalue weighted by molar-refractivity contribution is 5.82. The van der Waals surface area contributed by atoms with Crippen LogP contribution >= 0.6 is 0 Å². The van der Waals surface area contributed by atoms with E-state index >= 15 is 0 Å². The zero-order valence-electron chi connectivity index (χ0n) is 16.1. The highest BCUT2D eigenvalue weighted by Crippen LogP contribution is 2.18. The predicted octanol–water partition coefficient (Wildman–Crippen LogP) is 3.25. The highest BCUT2D eigenvalue weighted by Gasteiger charge is 2.28. The van der Waals surface area contributed by atoms with Gasteiger partial charge in [-0.05, 0) is 50.7 Å². The molecule has 1 fully saturated rings. The highest BCUT2D eigenvalue weighted by atomic mass is 16.2. The van der Waals surface area contributed by atoms with E-state index in [0.717, 1.165) is 32.2 Å². The lowest BCUT2D eigenvalue weighted by atomic mass is 9.96. The van der Waals surface area contributed by atoms with E-state index in [1.165, 1.54) is 16.7 Å². The van der Waals surface area contributed by atoms with E-state index < -0.39 is 0 Å². The number of carbonyl (C=O) groups excluding carboxylic acids is 2. The fraction of sp³-hybridized carbons (Fsp3) is 0.619. The number of hydrogen-bond acceptors (Lipinski definition) is 2. The van der Waals surface area contributed by atoms with Crippen LogP contribution in [-0.2, 0) is 16.0 Å². The van der Waals surface area contributed by atoms with Gasteiger partial charge in [0.25, 0.3) is 0 Å². The number of amides is 2. The summed E-state index contributed by atoms with van der Waals surface area (Å²) in [5.41, 5.74) is 3.96. The van der Waals surface area contributed by atoms with Crippen LogP contribution in [0.3, 0.4) is 0 Å². The summed E-state index contributed by atoms with van der Waals surface area (Å²) in [7, 11) is 0. The van der Waals surface area contributed by atoms with Crippen LogP contribution in [0.4, 0.5) is 0 Å². The number of likely N-dealkylation sites (tertiary alicyclic amines) is 1. The third-order valence-corrected chi connectivity index (χ3v) is 5.02. The van der Waals surface area contributed by atoms with Crippen molar-refractivity contribution in [3.05, 3.63) is 34.9 Å². The number of hydrogen-bond donors (Lipinski definition) is 1. The summed E-state index contributed by atoms with van der Waals surface area (Å²) >= 11 is 0. The summed E-state index contributed by atoms with van der Waals surface area (Å²) in [5.74, 6) is 0.200. The van der Waals surface area contributed by atoms with Crippen LogP contribution in [0.1, 0.15) is 49.8 Å². The Hall–Kier alpha value is -1.84. The molecule has 2 amide bonds. The Morgan fingerprint density at radius 2 is 2.04 bits per heavy atom. The molecule has 25 heavy (non-hydrogen) atoms. The van der Waals surface area contributed by atoms with Gasteiger partial charge in [-0.3, -0.25) is 9.59 Å². The van der Waals surface area contributed by atoms with Crippen molar-refractivity contribution in [2.45, 2.75) is 53.4 Å². The Balaban J connectivity index is 1.75. The van der Waals surface area contributed by atoms with Gasteiger partial charge in [0, 0.05) is 25.6 Å². The van der Waals surface area contributed by atoms with Gasteiger partial charge in [0.2, 0.25) is 11.8 Å². The summed E-state index contributed by atoms with van der Waals surface area (Å²) in [4.78, 5) is 26.4. The zero-order valence-corrected chi connectivity index (χ0v) is 16.1. The van der Waals surface area contributed by atoms with Crippen molar-refractivity contribution in [1.29, 1.82) is 0 Å². The molecular formula is C21H32N2O2. The number of rotatable bonds is 6. The van der Waals surface area contributed by atoms with Crippen molar-refractivity contribution in [3.8, 4) is 0 Å². The van der Waals surface area contributed by atoms with Gasteiger partial charge in [-0.15, -0.1) is 0 Å². The van der Waals surface area contributed by atoms with Gasteiger partial charge >= 0.3 is 0 Å². The first-order chi connectivity index (χ1) is 11.9. The third-order valence-electron chi connectivity index (χ3n) is 5.02. The molecule has 1 aliphatic rings. The molecule has 1 unspecified atom stereocenters. The Labute approximate surface area is 152 Å². The molecule has 0 aromatic heterocycles. The van der Waals surface area contributed by atoms with E-state index in [1.54, 1.807) is 0 Å². The average molecular weight is 344 g/mol. The predicted molar refractivity (Wildman–Crippen MR) is 101 cm³/mol. The maximum Gasteiger partial charge on any atom is 0.225 e. The summed E-state index contributed by atoms with van der Waals surface area (Å²) < 4.78 is 0. The second kappa shape index (κ2) is 9.02. The van der Waals surface area contributed by atoms with Gasteiger partial charge in [0.1, 0.15) is 0 Å². The van der Waals surface area contributed by atoms with E-state index in [9.17, 15) is 9.59 Å². The SMILES string of the molecule is Cc1ccc(CCCNC(=O)C2CCCN(C(=O)C(C)C)C2)c(C)c1. The molecule has 1 aromatic carbocycles. The number of nitrogens with one attached hydrogen (secondary N) is 1. The molecule has 0 bridgehead atoms. The Kier molecular flexibility index (Phi) is 7.03. The van der Waals surface area contributed by atoms with E-state index in [1.807, 2.05) is 18.7 Å². The summed E-state index contributed by atoms with van der Waals surface area (Å²) in [6.45, 7) is 10.1. The minimum Gasteiger partial charge on any atom is -0.356 e. The van der Waals surface area contributed by atoms with Crippen molar-refractivity contribution in [2.24, 2.45) is 11.8 Å². The van der Waals surface area contributed by atoms with Gasteiger partial charge in [0.15, 0.2) is 0 Å². The molecule has 0 saturated carbocycles. The minimum atomic E-state index is -0.0578. The molecule has 2 rings (SSSR count). The molecule has 1 aromatic rings. The molecule has 4 heteroatoms. The molecule has 1 aliphatic heterocycles. The van der Waals surface area contributed by atoms with E-state index in [0.29, 0.717) is 13.1 Å². The monoisotopic (exact) mass is 344 g/mol. The van der Waals surface area contributed by atoms with Crippen LogP contribution in [0.25, 0.3) is 0 Å². The van der Waals surface area contributed by atoms with Crippen LogP contribution in [0.15, 0.2) is 18.2 Å². The number of carbonyl (C=O) groups is 2. The molecule has 0 aliphatic carbocycles. The van der Waals surface area contributed by atoms with Crippen LogP contribution < -0.4 is 5.32 Å². The standard InChI is InChI=1S/C21H32N2O2/c1-15(2)21(25)23-12-6-8-19(14-23)20(24)22-11-5-7-18-10-9-16(3)13-17(18)4/h9-10,13,15,19H,5-8,11-12,14H2,1-4H3,(H,22,24). The summed E-state index contributed by atoms with van der Waals surface area (Å²) in [5, 5.41) is 3.07. The van der Waals surface area contributed by atoms with E-state index in [2.05, 4.69) is 37.4 Å². The lowest BCUT2D eigenvalue weighted by Gasteiger charge is -2.33. The summed E-state index contributed by atoms with van der Waals surface area (Å²) in [6, 6.07) is 6.53. The van der Waals surface area contributed by atoms with Gasteiger partial charge in [-0.25, -0.2) is 0 Å². The fourth-order valence-electron chi connectivity index (χ4n) is 3.52. The Morgan fingerprint density at radius 1 is 1.28 bits per heavy atom. The molecule has 0 spiro atoms. The smallest absolute Gasteiger partial charge is 0.225 e. The average Bonchev–Trinajstić information content (AvgIpc) is 2.59. The molecule has 1 saturated heterocycles. The maximum atomic E-state index is 12.4. The lowest BCUT2D eigenvalue weighted by Crippen LogP contribution is -2.46. The van der Waals surface area contributed by atoms with E-state index in [-0.39, 0.29) is 23.7 Å². The third kappa shape index (κ3) is 5.58. The van der Waals surface area contributed by atoms with Crippen molar-refractivity contribution >= 4 is 11.8 Å². The van der Waals surface area contributed by atoms with Crippen molar-refractivity contribution < 1.29 is 9.59 Å². The van der Waals surface area contributed by atoms with Gasteiger partial charge in [-0.1, -0.05) is 37.6 Å². The molecule has 1 N–H and O–H groups in total. The molecular weight excluding hydrogens is 312 g/mol. The zero-order chi connectivity index (χ0) is 18.4. The van der Waals surface area contributed by atoms with Crippen molar-refractivity contribution in [3.63, 3.8) is 0 Å². The first-order valence-electron chi connectivity index (χ1n) is 9.51. The van der Waals surface area contributed by atoms with Gasteiger partial charge in [0.05, 0.1) is 5.92 Å². The minimum absolute atomic E-state index is 0.000407. The fourth-order valence-corrected chi connectivity index (χ4v) is 3.52. The second-order valence-electron chi connectivity index (χ2n) is 7.60. The second-order valence-corrected chi connectivity index (χ2v) is 7.60. The van der Waals surface area contributed by atoms with Crippen molar-refractivity contribution in [1.82, 2.24) is 10.2 Å². The van der Waals surface area contributed by atoms with Crippen LogP contribution in [0.5, 0.6) is 0 Å². The maximum absolute atomic E-state index is 12.4. The molecule has 4 nitrogen and oxygen atoms in total. The molecule has 138 valence electrons. The largest absolute Gasteiger partial charge is 0.356 e. The van der Waals surface area contributed by atoms with Crippen LogP contribution in [0.2, 0.25) is 0 Å². The van der Waals surface area contributed by atoms with Crippen LogP contribution in [-0.4, -0.2) is 36.3 Å². The topological polar surface area (TPSA) is 49.4 Å². The number of nitrogens with zero attached hydrogens (tertiary/aromatic N) is 1. The van der Waals surface area contributed by atoms with E-state index in [4.69, 9.17) is 0 Å². The Morgan fingerprint density at radius 3 is 2.72 bits per heavy atom. The van der Waals surface area contributed by atoms with Crippen LogP contribution in [0, 0.1) is 25.7 Å². The molecule has 1 atom stereocenters. The lowest BCUT2D eigenvalue weighted by molar-refractivity contribution is -0.138. The number of piperidine rings is 1. The molecule has 1 heterocycles. The Bertz CT molecular complexity index is 610. The number of aryl methyl sites for hydroxylation is 3. The molecule has 0 radical (unpaired) electrons.